The van der Waals surface area contributed by atoms with Gasteiger partial charge in [0.05, 0.1) is 0 Å². The van der Waals surface area contributed by atoms with E-state index in [4.69, 9.17) is 11.6 Å². The molecule has 0 aromatic carbocycles. The summed E-state index contributed by atoms with van der Waals surface area (Å²) < 4.78 is 0. The highest BCUT2D eigenvalue weighted by molar-refractivity contribution is 8.02. The number of nitrogens with zero attached hydrogens (tertiary/aromatic N) is 1. The van der Waals surface area contributed by atoms with Crippen LogP contribution in [0.25, 0.3) is 0 Å². The highest BCUT2D eigenvalue weighted by atomic mass is 35.5. The van der Waals surface area contributed by atoms with Crippen LogP contribution in [0.2, 0.25) is 0 Å². The van der Waals surface area contributed by atoms with Crippen molar-refractivity contribution >= 4 is 30.1 Å². The third kappa shape index (κ3) is 4.30. The lowest BCUT2D eigenvalue weighted by Gasteiger charge is -1.90. The first-order valence-corrected chi connectivity index (χ1v) is 3.87. The molecule has 0 aliphatic heterocycles. The number of hydrogen-bond acceptors (Lipinski definition) is 2. The molecule has 3 heteroatoms. The van der Waals surface area contributed by atoms with Crippen molar-refractivity contribution < 1.29 is 0 Å². The Morgan fingerprint density at radius 2 is 2.33 bits per heavy atom. The van der Waals surface area contributed by atoms with Crippen molar-refractivity contribution in [2.24, 2.45) is 4.99 Å². The molecule has 1 nitrogen and oxygen atoms in total. The molecule has 0 atom stereocenters. The second-order valence-electron chi connectivity index (χ2n) is 1.30. The molecule has 0 aromatic heterocycles. The summed E-state index contributed by atoms with van der Waals surface area (Å²) >= 11 is 7.02. The quantitative estimate of drug-likeness (QED) is 0.352. The largest absolute Gasteiger partial charge is 0.252 e. The van der Waals surface area contributed by atoms with Crippen molar-refractivity contribution in [1.82, 2.24) is 0 Å². The summed E-state index contributed by atoms with van der Waals surface area (Å²) in [6, 6.07) is 0. The predicted octanol–water partition coefficient (Wildman–Crippen LogP) is 2.64. The molecule has 0 rings (SSSR count). The van der Waals surface area contributed by atoms with E-state index in [0.29, 0.717) is 5.16 Å². The average Bonchev–Trinajstić information content (AvgIpc) is 1.87. The Bertz CT molecular complexity index is 151. The van der Waals surface area contributed by atoms with Gasteiger partial charge in [0.15, 0.2) is 0 Å². The first-order chi connectivity index (χ1) is 4.20. The van der Waals surface area contributed by atoms with Crippen molar-refractivity contribution in [2.75, 3.05) is 6.26 Å². The first kappa shape index (κ1) is 8.79. The van der Waals surface area contributed by atoms with Crippen LogP contribution in [0.4, 0.5) is 0 Å². The van der Waals surface area contributed by atoms with E-state index >= 15 is 0 Å². The van der Waals surface area contributed by atoms with Crippen LogP contribution in [0, 0.1) is 0 Å². The number of thioether (sulfide) groups is 1. The van der Waals surface area contributed by atoms with Gasteiger partial charge in [-0.2, -0.15) is 0 Å². The van der Waals surface area contributed by atoms with E-state index in [-0.39, 0.29) is 0 Å². The van der Waals surface area contributed by atoms with E-state index < -0.39 is 0 Å². The van der Waals surface area contributed by atoms with E-state index in [1.54, 1.807) is 6.08 Å². The van der Waals surface area contributed by atoms with E-state index in [2.05, 4.69) is 18.3 Å². The SMILES string of the molecule is C=N/C(Cl)=C\C(=C)SC. The highest BCUT2D eigenvalue weighted by Crippen LogP contribution is 2.14. The summed E-state index contributed by atoms with van der Waals surface area (Å²) in [5.74, 6) is 0. The maximum atomic E-state index is 5.50. The van der Waals surface area contributed by atoms with Crippen molar-refractivity contribution in [3.63, 3.8) is 0 Å². The number of hydrogen-bond donors (Lipinski definition) is 0. The summed E-state index contributed by atoms with van der Waals surface area (Å²) in [4.78, 5) is 4.36. The number of rotatable bonds is 3. The minimum atomic E-state index is 0.384. The van der Waals surface area contributed by atoms with Crippen molar-refractivity contribution in [2.45, 2.75) is 0 Å². The van der Waals surface area contributed by atoms with Gasteiger partial charge in [0, 0.05) is 4.91 Å². The zero-order chi connectivity index (χ0) is 7.28. The molecule has 0 aromatic rings. The molecule has 0 aliphatic carbocycles. The standard InChI is InChI=1S/C6H8ClNS/c1-5(9-3)4-6(7)8-2/h4H,1-2H2,3H3/b6-4-. The Balaban J connectivity index is 3.94. The third-order valence-corrected chi connectivity index (χ3v) is 1.56. The maximum absolute atomic E-state index is 5.50. The summed E-state index contributed by atoms with van der Waals surface area (Å²) in [6.07, 6.45) is 3.59. The lowest BCUT2D eigenvalue weighted by molar-refractivity contribution is 1.55. The zero-order valence-corrected chi connectivity index (χ0v) is 6.80. The lowest BCUT2D eigenvalue weighted by Crippen LogP contribution is -1.65. The van der Waals surface area contributed by atoms with Crippen molar-refractivity contribution in [1.29, 1.82) is 0 Å². The van der Waals surface area contributed by atoms with Gasteiger partial charge < -0.3 is 0 Å². The summed E-state index contributed by atoms with van der Waals surface area (Å²) in [5, 5.41) is 0.384. The molecule has 0 radical (unpaired) electrons. The number of allylic oxidation sites excluding steroid dienone is 1. The first-order valence-electron chi connectivity index (χ1n) is 2.27. The molecule has 0 spiro atoms. The molecule has 50 valence electrons. The summed E-state index contributed by atoms with van der Waals surface area (Å²) in [5.41, 5.74) is 0. The third-order valence-electron chi connectivity index (χ3n) is 0.693. The van der Waals surface area contributed by atoms with Crippen molar-refractivity contribution in [3.05, 3.63) is 22.7 Å². The van der Waals surface area contributed by atoms with Crippen LogP contribution in [0.5, 0.6) is 0 Å². The maximum Gasteiger partial charge on any atom is 0.129 e. The molecular formula is C6H8ClNS. The molecule has 9 heavy (non-hydrogen) atoms. The topological polar surface area (TPSA) is 12.4 Å². The van der Waals surface area contributed by atoms with Crippen LogP contribution in [-0.4, -0.2) is 13.0 Å². The van der Waals surface area contributed by atoms with E-state index in [0.717, 1.165) is 4.91 Å². The van der Waals surface area contributed by atoms with Gasteiger partial charge >= 0.3 is 0 Å². The number of aliphatic imine (C=N–C) groups is 1. The van der Waals surface area contributed by atoms with Gasteiger partial charge in [0.1, 0.15) is 5.16 Å². The summed E-state index contributed by atoms with van der Waals surface area (Å²) in [7, 11) is 0. The fraction of sp³-hybridized carbons (Fsp3) is 0.167. The summed E-state index contributed by atoms with van der Waals surface area (Å²) in [6.45, 7) is 6.92. The lowest BCUT2D eigenvalue weighted by atomic mass is 10.6. The minimum Gasteiger partial charge on any atom is -0.252 e. The molecule has 0 bridgehead atoms. The molecule has 0 N–H and O–H groups in total. The molecular weight excluding hydrogens is 154 g/mol. The Morgan fingerprint density at radius 3 is 2.67 bits per heavy atom. The molecule has 0 saturated heterocycles. The van der Waals surface area contributed by atoms with Crippen LogP contribution in [0.1, 0.15) is 0 Å². The monoisotopic (exact) mass is 161 g/mol. The van der Waals surface area contributed by atoms with Crippen LogP contribution >= 0.6 is 23.4 Å². The molecule has 0 amide bonds. The molecule has 0 heterocycles. The molecule has 0 aliphatic rings. The van der Waals surface area contributed by atoms with Crippen LogP contribution in [0.3, 0.4) is 0 Å². The minimum absolute atomic E-state index is 0.384. The van der Waals surface area contributed by atoms with Gasteiger partial charge in [-0.05, 0) is 19.0 Å². The van der Waals surface area contributed by atoms with E-state index in [1.807, 2.05) is 6.26 Å². The van der Waals surface area contributed by atoms with Crippen LogP contribution < -0.4 is 0 Å². The van der Waals surface area contributed by atoms with Crippen LogP contribution in [0.15, 0.2) is 27.7 Å². The van der Waals surface area contributed by atoms with Crippen LogP contribution in [-0.2, 0) is 0 Å². The van der Waals surface area contributed by atoms with E-state index in [1.165, 1.54) is 11.8 Å². The normalized spacial score (nSPS) is 11.1. The Morgan fingerprint density at radius 1 is 1.78 bits per heavy atom. The van der Waals surface area contributed by atoms with E-state index in [9.17, 15) is 0 Å². The highest BCUT2D eigenvalue weighted by Gasteiger charge is 1.86. The fourth-order valence-corrected chi connectivity index (χ4v) is 0.663. The van der Waals surface area contributed by atoms with Crippen molar-refractivity contribution in [3.8, 4) is 0 Å². The zero-order valence-electron chi connectivity index (χ0n) is 5.22. The Labute approximate surface area is 64.5 Å². The molecule has 0 unspecified atom stereocenters. The van der Waals surface area contributed by atoms with Gasteiger partial charge in [0.25, 0.3) is 0 Å². The second kappa shape index (κ2) is 4.65. The van der Waals surface area contributed by atoms with Gasteiger partial charge in [-0.1, -0.05) is 18.2 Å². The molecule has 0 saturated carbocycles. The Kier molecular flexibility index (Phi) is 4.54. The fourth-order valence-electron chi connectivity index (χ4n) is 0.237. The van der Waals surface area contributed by atoms with Gasteiger partial charge in [-0.3, -0.25) is 4.99 Å². The number of halogens is 1. The molecule has 0 fully saturated rings. The average molecular weight is 162 g/mol. The Hall–Kier alpha value is -0.210. The van der Waals surface area contributed by atoms with Gasteiger partial charge in [-0.25, -0.2) is 0 Å². The van der Waals surface area contributed by atoms with Gasteiger partial charge in [0.2, 0.25) is 0 Å². The van der Waals surface area contributed by atoms with Gasteiger partial charge in [-0.15, -0.1) is 11.8 Å². The predicted molar refractivity (Wildman–Crippen MR) is 46.1 cm³/mol. The smallest absolute Gasteiger partial charge is 0.129 e. The second-order valence-corrected chi connectivity index (χ2v) is 2.62.